The number of benzene rings is 1. The zero-order valence-electron chi connectivity index (χ0n) is 13.8. The fraction of sp³-hybridized carbons (Fsp3) is 0.667. The summed E-state index contributed by atoms with van der Waals surface area (Å²) in [6, 6.07) is 9.97. The molecule has 0 amide bonds. The lowest BCUT2D eigenvalue weighted by atomic mass is 10.1. The number of hydrogen-bond donors (Lipinski definition) is 1. The predicted molar refractivity (Wildman–Crippen MR) is 95.8 cm³/mol. The number of hydrogen-bond acceptors (Lipinski definition) is 3. The van der Waals surface area contributed by atoms with E-state index in [1.165, 1.54) is 56.6 Å². The highest BCUT2D eigenvalue weighted by molar-refractivity contribution is 5.85. The van der Waals surface area contributed by atoms with Gasteiger partial charge in [-0.05, 0) is 24.0 Å². The van der Waals surface area contributed by atoms with Gasteiger partial charge in [-0.15, -0.1) is 12.4 Å². The molecule has 1 aromatic rings. The van der Waals surface area contributed by atoms with Crippen LogP contribution in [0.25, 0.3) is 0 Å². The minimum absolute atomic E-state index is 0. The van der Waals surface area contributed by atoms with E-state index in [1.807, 2.05) is 0 Å². The molecular formula is C18H30ClN3. The third-order valence-corrected chi connectivity index (χ3v) is 4.85. The number of likely N-dealkylation sites (tertiary alicyclic amines) is 1. The van der Waals surface area contributed by atoms with E-state index < -0.39 is 0 Å². The first-order valence-electron chi connectivity index (χ1n) is 8.60. The van der Waals surface area contributed by atoms with Gasteiger partial charge in [-0.1, -0.05) is 37.6 Å². The van der Waals surface area contributed by atoms with Crippen molar-refractivity contribution in [1.29, 1.82) is 0 Å². The van der Waals surface area contributed by atoms with Crippen LogP contribution in [0, 0.1) is 0 Å². The fourth-order valence-electron chi connectivity index (χ4n) is 3.73. The largest absolute Gasteiger partial charge is 0.314 e. The lowest BCUT2D eigenvalue weighted by Crippen LogP contribution is -2.49. The van der Waals surface area contributed by atoms with Gasteiger partial charge in [-0.25, -0.2) is 0 Å². The van der Waals surface area contributed by atoms with Gasteiger partial charge in [0.1, 0.15) is 0 Å². The molecule has 4 heteroatoms. The summed E-state index contributed by atoms with van der Waals surface area (Å²) in [6.45, 7) is 10.7. The van der Waals surface area contributed by atoms with Gasteiger partial charge >= 0.3 is 0 Å². The van der Waals surface area contributed by atoms with Gasteiger partial charge in [0.05, 0.1) is 0 Å². The van der Waals surface area contributed by atoms with E-state index in [-0.39, 0.29) is 12.4 Å². The summed E-state index contributed by atoms with van der Waals surface area (Å²) >= 11 is 0. The zero-order chi connectivity index (χ0) is 14.5. The second-order valence-electron chi connectivity index (χ2n) is 6.53. The second kappa shape index (κ2) is 8.88. The number of piperazine rings is 1. The van der Waals surface area contributed by atoms with Gasteiger partial charge in [-0.3, -0.25) is 9.80 Å². The first-order valence-corrected chi connectivity index (χ1v) is 8.60. The van der Waals surface area contributed by atoms with E-state index in [0.29, 0.717) is 0 Å². The van der Waals surface area contributed by atoms with Gasteiger partial charge in [-0.2, -0.15) is 0 Å². The molecule has 3 nitrogen and oxygen atoms in total. The minimum Gasteiger partial charge on any atom is -0.314 e. The normalized spacial score (nSPS) is 23.4. The lowest BCUT2D eigenvalue weighted by molar-refractivity contribution is 0.170. The molecule has 0 bridgehead atoms. The van der Waals surface area contributed by atoms with E-state index in [4.69, 9.17) is 0 Å². The molecule has 3 rings (SSSR count). The number of aryl methyl sites for hydroxylation is 1. The Hall–Kier alpha value is -0.610. The van der Waals surface area contributed by atoms with Gasteiger partial charge in [0.2, 0.25) is 0 Å². The topological polar surface area (TPSA) is 18.5 Å². The first kappa shape index (κ1) is 17.7. The van der Waals surface area contributed by atoms with Crippen LogP contribution in [0.1, 0.15) is 30.9 Å². The maximum Gasteiger partial charge on any atom is 0.0236 e. The Morgan fingerprint density at radius 2 is 1.91 bits per heavy atom. The highest BCUT2D eigenvalue weighted by Gasteiger charge is 2.28. The average molecular weight is 324 g/mol. The summed E-state index contributed by atoms with van der Waals surface area (Å²) in [5.74, 6) is 0. The maximum absolute atomic E-state index is 3.45. The molecule has 0 aliphatic carbocycles. The standard InChI is InChI=1S/C18H29N3.ClH/c1-2-4-16-5-3-6-17(13-16)14-20-10-7-18(15-20)21-11-8-19-9-12-21;/h3,5-6,13,18-19H,2,4,7-12,14-15H2,1H3;1H. The van der Waals surface area contributed by atoms with E-state index in [2.05, 4.69) is 46.3 Å². The first-order chi connectivity index (χ1) is 10.3. The summed E-state index contributed by atoms with van der Waals surface area (Å²) in [4.78, 5) is 5.32. The quantitative estimate of drug-likeness (QED) is 0.898. The Kier molecular flexibility index (Phi) is 7.16. The molecule has 2 saturated heterocycles. The fourth-order valence-corrected chi connectivity index (χ4v) is 3.73. The Balaban J connectivity index is 0.00000176. The monoisotopic (exact) mass is 323 g/mol. The van der Waals surface area contributed by atoms with Crippen molar-refractivity contribution in [1.82, 2.24) is 15.1 Å². The van der Waals surface area contributed by atoms with Gasteiger partial charge in [0.25, 0.3) is 0 Å². The minimum atomic E-state index is 0. The highest BCUT2D eigenvalue weighted by atomic mass is 35.5. The summed E-state index contributed by atoms with van der Waals surface area (Å²) in [5, 5.41) is 3.45. The van der Waals surface area contributed by atoms with Crippen molar-refractivity contribution in [3.63, 3.8) is 0 Å². The smallest absolute Gasteiger partial charge is 0.0236 e. The SMILES string of the molecule is CCCc1cccc(CN2CCC(N3CCNCC3)C2)c1.Cl. The van der Waals surface area contributed by atoms with Crippen LogP contribution in [0.3, 0.4) is 0 Å². The molecule has 1 atom stereocenters. The van der Waals surface area contributed by atoms with Crippen molar-refractivity contribution in [2.24, 2.45) is 0 Å². The van der Waals surface area contributed by atoms with Crippen LogP contribution < -0.4 is 5.32 Å². The molecule has 0 aromatic heterocycles. The molecule has 124 valence electrons. The summed E-state index contributed by atoms with van der Waals surface area (Å²) in [5.41, 5.74) is 2.98. The second-order valence-corrected chi connectivity index (χ2v) is 6.53. The number of nitrogens with zero attached hydrogens (tertiary/aromatic N) is 2. The zero-order valence-corrected chi connectivity index (χ0v) is 14.6. The highest BCUT2D eigenvalue weighted by Crippen LogP contribution is 2.19. The lowest BCUT2D eigenvalue weighted by Gasteiger charge is -2.32. The molecular weight excluding hydrogens is 294 g/mol. The number of halogens is 1. The van der Waals surface area contributed by atoms with Gasteiger partial charge in [0.15, 0.2) is 0 Å². The Bertz CT molecular complexity index is 446. The Morgan fingerprint density at radius 3 is 2.68 bits per heavy atom. The summed E-state index contributed by atoms with van der Waals surface area (Å²) in [6.07, 6.45) is 3.78. The van der Waals surface area contributed by atoms with Crippen molar-refractivity contribution >= 4 is 12.4 Å². The van der Waals surface area contributed by atoms with Crippen LogP contribution in [0.15, 0.2) is 24.3 Å². The molecule has 1 aromatic carbocycles. The molecule has 2 aliphatic heterocycles. The van der Waals surface area contributed by atoms with Gasteiger partial charge in [0, 0.05) is 51.9 Å². The van der Waals surface area contributed by atoms with E-state index >= 15 is 0 Å². The van der Waals surface area contributed by atoms with Crippen molar-refractivity contribution in [2.45, 2.75) is 38.8 Å². The predicted octanol–water partition coefficient (Wildman–Crippen LogP) is 2.54. The van der Waals surface area contributed by atoms with Crippen molar-refractivity contribution in [3.05, 3.63) is 35.4 Å². The average Bonchev–Trinajstić information content (AvgIpc) is 2.97. The van der Waals surface area contributed by atoms with E-state index in [0.717, 1.165) is 25.7 Å². The van der Waals surface area contributed by atoms with Crippen LogP contribution in [-0.2, 0) is 13.0 Å². The molecule has 1 unspecified atom stereocenters. The van der Waals surface area contributed by atoms with Crippen LogP contribution in [-0.4, -0.2) is 55.1 Å². The molecule has 0 radical (unpaired) electrons. The Morgan fingerprint density at radius 1 is 1.14 bits per heavy atom. The molecule has 22 heavy (non-hydrogen) atoms. The maximum atomic E-state index is 3.45. The van der Waals surface area contributed by atoms with Crippen LogP contribution in [0.2, 0.25) is 0 Å². The summed E-state index contributed by atoms with van der Waals surface area (Å²) in [7, 11) is 0. The van der Waals surface area contributed by atoms with Crippen LogP contribution in [0.5, 0.6) is 0 Å². The molecule has 2 fully saturated rings. The molecule has 0 spiro atoms. The third-order valence-electron chi connectivity index (χ3n) is 4.85. The summed E-state index contributed by atoms with van der Waals surface area (Å²) < 4.78 is 0. The van der Waals surface area contributed by atoms with E-state index in [1.54, 1.807) is 0 Å². The number of rotatable bonds is 5. The van der Waals surface area contributed by atoms with Crippen molar-refractivity contribution in [2.75, 3.05) is 39.3 Å². The van der Waals surface area contributed by atoms with Crippen molar-refractivity contribution < 1.29 is 0 Å². The number of nitrogens with one attached hydrogen (secondary N) is 1. The van der Waals surface area contributed by atoms with Gasteiger partial charge < -0.3 is 5.32 Å². The van der Waals surface area contributed by atoms with Crippen LogP contribution in [0.4, 0.5) is 0 Å². The molecule has 1 N–H and O–H groups in total. The van der Waals surface area contributed by atoms with E-state index in [9.17, 15) is 0 Å². The molecule has 0 saturated carbocycles. The molecule has 2 aliphatic rings. The van der Waals surface area contributed by atoms with Crippen LogP contribution >= 0.6 is 12.4 Å². The van der Waals surface area contributed by atoms with Crippen molar-refractivity contribution in [3.8, 4) is 0 Å². The third kappa shape index (κ3) is 4.69. The Labute approximate surface area is 141 Å². The molecule has 2 heterocycles.